The first-order valence-electron chi connectivity index (χ1n) is 7.26. The molecule has 0 saturated heterocycles. The van der Waals surface area contributed by atoms with E-state index < -0.39 is 0 Å². The van der Waals surface area contributed by atoms with Crippen LogP contribution in [0.3, 0.4) is 0 Å². The number of hydrogen-bond donors (Lipinski definition) is 0. The lowest BCUT2D eigenvalue weighted by Crippen LogP contribution is -2.09. The molecule has 0 radical (unpaired) electrons. The number of alkyl halides is 1. The van der Waals surface area contributed by atoms with Gasteiger partial charge in [-0.15, -0.1) is 13.2 Å². The van der Waals surface area contributed by atoms with Crippen LogP contribution < -0.4 is 0 Å². The van der Waals surface area contributed by atoms with Gasteiger partial charge in [-0.05, 0) is 19.3 Å². The molecule has 0 aromatic carbocycles. The van der Waals surface area contributed by atoms with Gasteiger partial charge in [-0.25, -0.2) is 0 Å². The van der Waals surface area contributed by atoms with Gasteiger partial charge in [0.05, 0.1) is 6.10 Å². The second kappa shape index (κ2) is 15.0. The van der Waals surface area contributed by atoms with E-state index in [2.05, 4.69) is 29.1 Å². The van der Waals surface area contributed by atoms with Crippen molar-refractivity contribution in [3.63, 3.8) is 0 Å². The molecular weight excluding hydrogens is 288 g/mol. The summed E-state index contributed by atoms with van der Waals surface area (Å²) < 4.78 is 5.70. The van der Waals surface area contributed by atoms with E-state index in [9.17, 15) is 0 Å². The standard InChI is InChI=1S/C16H29BrO/c1-3-13-16(4-2)18-15-12-10-8-6-5-7-9-11-14-17/h3-4,16H,1-2,5-15H2. The van der Waals surface area contributed by atoms with Gasteiger partial charge in [-0.1, -0.05) is 66.6 Å². The normalized spacial score (nSPS) is 12.3. The molecule has 106 valence electrons. The Morgan fingerprint density at radius 1 is 0.889 bits per heavy atom. The van der Waals surface area contributed by atoms with Crippen LogP contribution in [0.1, 0.15) is 57.8 Å². The Morgan fingerprint density at radius 2 is 1.44 bits per heavy atom. The van der Waals surface area contributed by atoms with Crippen molar-refractivity contribution >= 4 is 15.9 Å². The summed E-state index contributed by atoms with van der Waals surface area (Å²) in [5.41, 5.74) is 0. The largest absolute Gasteiger partial charge is 0.374 e. The van der Waals surface area contributed by atoms with E-state index >= 15 is 0 Å². The van der Waals surface area contributed by atoms with Crippen LogP contribution in [0.15, 0.2) is 25.3 Å². The van der Waals surface area contributed by atoms with Gasteiger partial charge in [-0.3, -0.25) is 0 Å². The highest BCUT2D eigenvalue weighted by molar-refractivity contribution is 9.09. The van der Waals surface area contributed by atoms with E-state index in [1.54, 1.807) is 0 Å². The number of halogens is 1. The Kier molecular flexibility index (Phi) is 14.9. The SMILES string of the molecule is C=CCC(C=C)OCCCCCCCCCCBr. The summed E-state index contributed by atoms with van der Waals surface area (Å²) in [7, 11) is 0. The van der Waals surface area contributed by atoms with Crippen LogP contribution in [-0.4, -0.2) is 18.0 Å². The Hall–Kier alpha value is -0.0800. The number of rotatable bonds is 14. The Bertz CT molecular complexity index is 192. The van der Waals surface area contributed by atoms with Crippen molar-refractivity contribution in [3.8, 4) is 0 Å². The Labute approximate surface area is 122 Å². The molecular formula is C16H29BrO. The molecule has 0 heterocycles. The van der Waals surface area contributed by atoms with Crippen LogP contribution in [0.2, 0.25) is 0 Å². The van der Waals surface area contributed by atoms with Crippen molar-refractivity contribution in [2.24, 2.45) is 0 Å². The van der Waals surface area contributed by atoms with Crippen molar-refractivity contribution in [1.82, 2.24) is 0 Å². The number of ether oxygens (including phenoxy) is 1. The van der Waals surface area contributed by atoms with Crippen molar-refractivity contribution in [2.75, 3.05) is 11.9 Å². The maximum Gasteiger partial charge on any atom is 0.0787 e. The smallest absolute Gasteiger partial charge is 0.0787 e. The summed E-state index contributed by atoms with van der Waals surface area (Å²) in [4.78, 5) is 0. The summed E-state index contributed by atoms with van der Waals surface area (Å²) >= 11 is 3.46. The van der Waals surface area contributed by atoms with Crippen molar-refractivity contribution in [1.29, 1.82) is 0 Å². The molecule has 1 unspecified atom stereocenters. The van der Waals surface area contributed by atoms with Gasteiger partial charge in [0.1, 0.15) is 0 Å². The first-order valence-corrected chi connectivity index (χ1v) is 8.38. The maximum absolute atomic E-state index is 5.70. The molecule has 18 heavy (non-hydrogen) atoms. The van der Waals surface area contributed by atoms with Crippen LogP contribution in [0.25, 0.3) is 0 Å². The molecule has 2 heteroatoms. The van der Waals surface area contributed by atoms with E-state index in [-0.39, 0.29) is 6.10 Å². The topological polar surface area (TPSA) is 9.23 Å². The third-order valence-electron chi connectivity index (χ3n) is 3.02. The third kappa shape index (κ3) is 12.4. The first kappa shape index (κ1) is 17.9. The Morgan fingerprint density at radius 3 is 1.94 bits per heavy atom. The van der Waals surface area contributed by atoms with Crippen LogP contribution in [0, 0.1) is 0 Å². The minimum atomic E-state index is 0.159. The van der Waals surface area contributed by atoms with Gasteiger partial charge in [0.2, 0.25) is 0 Å². The number of unbranched alkanes of at least 4 members (excludes halogenated alkanes) is 7. The maximum atomic E-state index is 5.70. The fraction of sp³-hybridized carbons (Fsp3) is 0.750. The molecule has 1 atom stereocenters. The van der Waals surface area contributed by atoms with Gasteiger partial charge in [0.15, 0.2) is 0 Å². The summed E-state index contributed by atoms with van der Waals surface area (Å²) in [6.45, 7) is 8.34. The highest BCUT2D eigenvalue weighted by Crippen LogP contribution is 2.10. The zero-order valence-electron chi connectivity index (χ0n) is 11.7. The predicted octanol–water partition coefficient (Wildman–Crippen LogP) is 5.65. The highest BCUT2D eigenvalue weighted by atomic mass is 79.9. The van der Waals surface area contributed by atoms with Gasteiger partial charge in [-0.2, -0.15) is 0 Å². The zero-order chi connectivity index (χ0) is 13.5. The monoisotopic (exact) mass is 316 g/mol. The molecule has 0 amide bonds. The highest BCUT2D eigenvalue weighted by Gasteiger charge is 2.00. The quantitative estimate of drug-likeness (QED) is 0.228. The first-order chi connectivity index (χ1) is 8.85. The molecule has 0 N–H and O–H groups in total. The second-order valence-electron chi connectivity index (χ2n) is 4.69. The van der Waals surface area contributed by atoms with Crippen LogP contribution >= 0.6 is 15.9 Å². The van der Waals surface area contributed by atoms with Gasteiger partial charge >= 0.3 is 0 Å². The molecule has 0 spiro atoms. The van der Waals surface area contributed by atoms with Crippen molar-refractivity contribution in [3.05, 3.63) is 25.3 Å². The molecule has 0 aromatic heterocycles. The second-order valence-corrected chi connectivity index (χ2v) is 5.48. The molecule has 0 fully saturated rings. The van der Waals surface area contributed by atoms with E-state index in [4.69, 9.17) is 4.74 Å². The van der Waals surface area contributed by atoms with Crippen molar-refractivity contribution in [2.45, 2.75) is 63.9 Å². The molecule has 0 aliphatic carbocycles. The van der Waals surface area contributed by atoms with E-state index in [0.29, 0.717) is 0 Å². The van der Waals surface area contributed by atoms with Gasteiger partial charge < -0.3 is 4.74 Å². The van der Waals surface area contributed by atoms with Crippen LogP contribution in [0.5, 0.6) is 0 Å². The average molecular weight is 317 g/mol. The minimum Gasteiger partial charge on any atom is -0.374 e. The van der Waals surface area contributed by atoms with E-state index in [1.807, 2.05) is 12.2 Å². The third-order valence-corrected chi connectivity index (χ3v) is 3.58. The lowest BCUT2D eigenvalue weighted by atomic mass is 10.1. The molecule has 0 aromatic rings. The molecule has 0 aliphatic heterocycles. The minimum absolute atomic E-state index is 0.159. The van der Waals surface area contributed by atoms with Crippen molar-refractivity contribution < 1.29 is 4.74 Å². The lowest BCUT2D eigenvalue weighted by molar-refractivity contribution is 0.0841. The molecule has 0 aliphatic rings. The fourth-order valence-corrected chi connectivity index (χ4v) is 2.28. The summed E-state index contributed by atoms with van der Waals surface area (Å²) in [6, 6.07) is 0. The number of hydrogen-bond acceptors (Lipinski definition) is 1. The molecule has 1 nitrogen and oxygen atoms in total. The molecule has 0 saturated carbocycles. The average Bonchev–Trinajstić information content (AvgIpc) is 2.39. The van der Waals surface area contributed by atoms with Gasteiger partial charge in [0, 0.05) is 11.9 Å². The summed E-state index contributed by atoms with van der Waals surface area (Å²) in [5.74, 6) is 0. The fourth-order valence-electron chi connectivity index (χ4n) is 1.89. The summed E-state index contributed by atoms with van der Waals surface area (Å²) in [5, 5.41) is 1.15. The predicted molar refractivity (Wildman–Crippen MR) is 85.5 cm³/mol. The molecule has 0 rings (SSSR count). The van der Waals surface area contributed by atoms with Gasteiger partial charge in [0.25, 0.3) is 0 Å². The van der Waals surface area contributed by atoms with Crippen LogP contribution in [-0.2, 0) is 4.74 Å². The van der Waals surface area contributed by atoms with Crippen LogP contribution in [0.4, 0.5) is 0 Å². The van der Waals surface area contributed by atoms with E-state index in [1.165, 1.54) is 51.4 Å². The summed E-state index contributed by atoms with van der Waals surface area (Å²) in [6.07, 6.45) is 15.4. The lowest BCUT2D eigenvalue weighted by Gasteiger charge is -2.11. The zero-order valence-corrected chi connectivity index (χ0v) is 13.3. The van der Waals surface area contributed by atoms with E-state index in [0.717, 1.165) is 18.4 Å². The Balaban J connectivity index is 3.15. The molecule has 0 bridgehead atoms.